The third-order valence-corrected chi connectivity index (χ3v) is 1.59. The van der Waals surface area contributed by atoms with Crippen LogP contribution in [0.1, 0.15) is 17.6 Å². The fraction of sp³-hybridized carbons (Fsp3) is 0.250. The van der Waals surface area contributed by atoms with E-state index in [1.165, 1.54) is 7.11 Å². The number of nitriles is 1. The van der Waals surface area contributed by atoms with E-state index in [9.17, 15) is 13.6 Å². The van der Waals surface area contributed by atoms with Gasteiger partial charge in [-0.1, -0.05) is 0 Å². The van der Waals surface area contributed by atoms with Gasteiger partial charge in [0.1, 0.15) is 11.6 Å². The molecular formula is C8H6F2N2O2. The number of nitrogens with one attached hydrogen (secondary N) is 1. The minimum absolute atomic E-state index is 0.240. The summed E-state index contributed by atoms with van der Waals surface area (Å²) < 4.78 is 29.3. The second kappa shape index (κ2) is 3.87. The van der Waals surface area contributed by atoms with E-state index >= 15 is 0 Å². The average Bonchev–Trinajstić information content (AvgIpc) is 2.16. The Morgan fingerprint density at radius 2 is 2.29 bits per heavy atom. The van der Waals surface area contributed by atoms with Crippen LogP contribution in [-0.2, 0) is 0 Å². The summed E-state index contributed by atoms with van der Waals surface area (Å²) in [5, 5.41) is 8.58. The lowest BCUT2D eigenvalue weighted by Gasteiger charge is -2.06. The van der Waals surface area contributed by atoms with Crippen LogP contribution in [0, 0.1) is 11.3 Å². The van der Waals surface area contributed by atoms with Gasteiger partial charge in [0, 0.05) is 11.6 Å². The second-order valence-electron chi connectivity index (χ2n) is 2.41. The van der Waals surface area contributed by atoms with Gasteiger partial charge in [-0.05, 0) is 0 Å². The molecule has 0 aliphatic heterocycles. The average molecular weight is 200 g/mol. The van der Waals surface area contributed by atoms with Gasteiger partial charge in [-0.15, -0.1) is 0 Å². The first-order valence-corrected chi connectivity index (χ1v) is 3.59. The molecule has 0 spiro atoms. The number of aromatic nitrogens is 1. The molecular weight excluding hydrogens is 194 g/mol. The van der Waals surface area contributed by atoms with Crippen LogP contribution in [0.4, 0.5) is 8.78 Å². The van der Waals surface area contributed by atoms with E-state index in [-0.39, 0.29) is 11.4 Å². The highest BCUT2D eigenvalue weighted by atomic mass is 19.3. The number of hydrogen-bond donors (Lipinski definition) is 1. The van der Waals surface area contributed by atoms with Gasteiger partial charge in [-0.25, -0.2) is 8.78 Å². The van der Waals surface area contributed by atoms with Crippen molar-refractivity contribution in [3.05, 3.63) is 27.5 Å². The zero-order chi connectivity index (χ0) is 10.7. The second-order valence-corrected chi connectivity index (χ2v) is 2.41. The molecule has 6 heteroatoms. The zero-order valence-electron chi connectivity index (χ0n) is 7.17. The first-order chi connectivity index (χ1) is 6.60. The first kappa shape index (κ1) is 10.2. The van der Waals surface area contributed by atoms with E-state index in [1.54, 1.807) is 6.07 Å². The Kier molecular flexibility index (Phi) is 2.82. The Hall–Kier alpha value is -1.90. The van der Waals surface area contributed by atoms with Crippen LogP contribution >= 0.6 is 0 Å². The van der Waals surface area contributed by atoms with Gasteiger partial charge in [0.25, 0.3) is 12.0 Å². The molecule has 0 unspecified atom stereocenters. The molecule has 0 saturated carbocycles. The molecule has 1 N–H and O–H groups in total. The van der Waals surface area contributed by atoms with Gasteiger partial charge in [0.15, 0.2) is 0 Å². The molecule has 0 aromatic carbocycles. The fourth-order valence-corrected chi connectivity index (χ4v) is 0.995. The molecule has 0 bridgehead atoms. The van der Waals surface area contributed by atoms with Crippen molar-refractivity contribution < 1.29 is 13.5 Å². The lowest BCUT2D eigenvalue weighted by molar-refractivity contribution is 0.150. The third-order valence-electron chi connectivity index (χ3n) is 1.59. The number of halogens is 2. The summed E-state index contributed by atoms with van der Waals surface area (Å²) in [6.45, 7) is 0. The Labute approximate surface area is 77.7 Å². The third kappa shape index (κ3) is 1.71. The van der Waals surface area contributed by atoms with E-state index in [1.807, 2.05) is 0 Å². The number of aromatic amines is 1. The van der Waals surface area contributed by atoms with Gasteiger partial charge in [0.2, 0.25) is 5.88 Å². The van der Waals surface area contributed by atoms with Gasteiger partial charge < -0.3 is 4.74 Å². The Morgan fingerprint density at radius 3 is 2.71 bits per heavy atom. The van der Waals surface area contributed by atoms with Gasteiger partial charge in [0.05, 0.1) is 7.11 Å². The normalized spacial score (nSPS) is 9.93. The van der Waals surface area contributed by atoms with Crippen molar-refractivity contribution >= 4 is 0 Å². The summed E-state index contributed by atoms with van der Waals surface area (Å²) in [7, 11) is 1.18. The Morgan fingerprint density at radius 1 is 1.64 bits per heavy atom. The summed E-state index contributed by atoms with van der Waals surface area (Å²) in [5.41, 5.74) is -1.69. The number of nitrogens with zero attached hydrogens (tertiary/aromatic N) is 1. The summed E-state index contributed by atoms with van der Waals surface area (Å²) in [6.07, 6.45) is -2.87. The number of methoxy groups -OCH3 is 1. The van der Waals surface area contributed by atoms with Crippen molar-refractivity contribution in [1.82, 2.24) is 4.98 Å². The topological polar surface area (TPSA) is 65.9 Å². The lowest BCUT2D eigenvalue weighted by Crippen LogP contribution is -2.10. The summed E-state index contributed by atoms with van der Waals surface area (Å²) in [4.78, 5) is 13.0. The van der Waals surface area contributed by atoms with Crippen LogP contribution in [0.3, 0.4) is 0 Å². The fourth-order valence-electron chi connectivity index (χ4n) is 0.995. The van der Waals surface area contributed by atoms with Crippen LogP contribution in [-0.4, -0.2) is 12.1 Å². The predicted molar refractivity (Wildman–Crippen MR) is 43.3 cm³/mol. The number of alkyl halides is 2. The molecule has 1 aromatic heterocycles. The van der Waals surface area contributed by atoms with Crippen molar-refractivity contribution in [3.8, 4) is 11.9 Å². The number of ether oxygens (including phenoxy) is 1. The lowest BCUT2D eigenvalue weighted by atomic mass is 10.1. The van der Waals surface area contributed by atoms with Gasteiger partial charge in [-0.3, -0.25) is 9.78 Å². The number of hydrogen-bond acceptors (Lipinski definition) is 3. The van der Waals surface area contributed by atoms with Crippen molar-refractivity contribution in [1.29, 1.82) is 5.26 Å². The van der Waals surface area contributed by atoms with E-state index in [0.717, 1.165) is 0 Å². The van der Waals surface area contributed by atoms with Crippen LogP contribution in [0.15, 0.2) is 10.9 Å². The molecule has 0 aliphatic rings. The van der Waals surface area contributed by atoms with E-state index in [0.29, 0.717) is 6.07 Å². The molecule has 0 saturated heterocycles. The number of H-pyrrole nitrogens is 1. The Bertz CT molecular complexity index is 434. The first-order valence-electron chi connectivity index (χ1n) is 3.59. The van der Waals surface area contributed by atoms with E-state index in [2.05, 4.69) is 9.72 Å². The largest absolute Gasteiger partial charge is 0.481 e. The molecule has 0 atom stereocenters. The number of pyridine rings is 1. The van der Waals surface area contributed by atoms with E-state index < -0.39 is 17.5 Å². The summed E-state index contributed by atoms with van der Waals surface area (Å²) in [5.74, 6) is -0.240. The van der Waals surface area contributed by atoms with Crippen molar-refractivity contribution in [2.45, 2.75) is 6.43 Å². The highest BCUT2D eigenvalue weighted by Gasteiger charge is 2.18. The van der Waals surface area contributed by atoms with Gasteiger partial charge >= 0.3 is 0 Å². The minimum atomic E-state index is -2.87. The molecule has 1 aromatic rings. The standard InChI is InChI=1S/C8H6F2N2O2/c1-14-8-5(3-11)4(7(9)10)2-6(13)12-8/h2,7H,1H3,(H,12,13). The minimum Gasteiger partial charge on any atom is -0.481 e. The zero-order valence-corrected chi connectivity index (χ0v) is 7.17. The van der Waals surface area contributed by atoms with E-state index in [4.69, 9.17) is 5.26 Å². The molecule has 0 radical (unpaired) electrons. The maximum absolute atomic E-state index is 12.4. The highest BCUT2D eigenvalue weighted by Crippen LogP contribution is 2.25. The Balaban J connectivity index is 3.49. The molecule has 1 heterocycles. The molecule has 74 valence electrons. The molecule has 0 amide bonds. The molecule has 1 rings (SSSR count). The van der Waals surface area contributed by atoms with Crippen molar-refractivity contribution in [2.75, 3.05) is 7.11 Å². The van der Waals surface area contributed by atoms with Crippen molar-refractivity contribution in [2.24, 2.45) is 0 Å². The number of rotatable bonds is 2. The van der Waals surface area contributed by atoms with Gasteiger partial charge in [-0.2, -0.15) is 5.26 Å². The maximum Gasteiger partial charge on any atom is 0.265 e. The molecule has 0 aliphatic carbocycles. The quantitative estimate of drug-likeness (QED) is 0.779. The molecule has 4 nitrogen and oxygen atoms in total. The smallest absolute Gasteiger partial charge is 0.265 e. The van der Waals surface area contributed by atoms with Crippen molar-refractivity contribution in [3.63, 3.8) is 0 Å². The molecule has 14 heavy (non-hydrogen) atoms. The SMILES string of the molecule is COc1[nH]c(=O)cc(C(F)F)c1C#N. The predicted octanol–water partition coefficient (Wildman–Crippen LogP) is 1.19. The van der Waals surface area contributed by atoms with Crippen LogP contribution in [0.5, 0.6) is 5.88 Å². The molecule has 0 fully saturated rings. The monoisotopic (exact) mass is 200 g/mol. The highest BCUT2D eigenvalue weighted by molar-refractivity contribution is 5.44. The maximum atomic E-state index is 12.4. The van der Waals surface area contributed by atoms with Crippen LogP contribution in [0.2, 0.25) is 0 Å². The summed E-state index contributed by atoms with van der Waals surface area (Å²) in [6, 6.07) is 2.23. The summed E-state index contributed by atoms with van der Waals surface area (Å²) >= 11 is 0. The van der Waals surface area contributed by atoms with Crippen LogP contribution in [0.25, 0.3) is 0 Å². The van der Waals surface area contributed by atoms with Crippen LogP contribution < -0.4 is 10.3 Å².